The molecular weight excluding hydrogens is 360 g/mol. The standard InChI is InChI=1S/C20H24N4O4/c1-22-20(27)14-3-5-15(6-4-14)23-19(26)13-24(12-11-18(21)25)16-7-9-17(28-2)10-8-16/h3-10H,11-13H2,1-2H3,(H2,21,25)(H,22,27)(H,23,26). The zero-order chi connectivity index (χ0) is 20.5. The van der Waals surface area contributed by atoms with E-state index in [4.69, 9.17) is 10.5 Å². The van der Waals surface area contributed by atoms with Crippen LogP contribution in [-0.4, -0.2) is 45.0 Å². The third-order valence-corrected chi connectivity index (χ3v) is 4.06. The minimum atomic E-state index is -0.441. The van der Waals surface area contributed by atoms with Gasteiger partial charge in [0, 0.05) is 37.0 Å². The van der Waals surface area contributed by atoms with Crippen molar-refractivity contribution in [2.75, 3.05) is 37.5 Å². The number of amides is 3. The van der Waals surface area contributed by atoms with Crippen molar-refractivity contribution < 1.29 is 19.1 Å². The summed E-state index contributed by atoms with van der Waals surface area (Å²) < 4.78 is 5.14. The van der Waals surface area contributed by atoms with Crippen LogP contribution in [0.1, 0.15) is 16.8 Å². The van der Waals surface area contributed by atoms with Gasteiger partial charge < -0.3 is 26.0 Å². The molecule has 0 spiro atoms. The molecule has 28 heavy (non-hydrogen) atoms. The Morgan fingerprint density at radius 1 is 1.04 bits per heavy atom. The molecule has 4 N–H and O–H groups in total. The first-order chi connectivity index (χ1) is 13.4. The first-order valence-corrected chi connectivity index (χ1v) is 8.72. The Morgan fingerprint density at radius 3 is 2.21 bits per heavy atom. The van der Waals surface area contributed by atoms with E-state index < -0.39 is 5.91 Å². The molecule has 0 aliphatic rings. The number of primary amides is 1. The summed E-state index contributed by atoms with van der Waals surface area (Å²) in [6, 6.07) is 13.7. The molecule has 0 fully saturated rings. The van der Waals surface area contributed by atoms with Crippen molar-refractivity contribution in [2.24, 2.45) is 5.73 Å². The third kappa shape index (κ3) is 6.01. The first kappa shape index (κ1) is 20.8. The highest BCUT2D eigenvalue weighted by Gasteiger charge is 2.14. The molecule has 8 nitrogen and oxygen atoms in total. The summed E-state index contributed by atoms with van der Waals surface area (Å²) in [6.45, 7) is 0.349. The number of rotatable bonds is 9. The van der Waals surface area contributed by atoms with E-state index >= 15 is 0 Å². The van der Waals surface area contributed by atoms with Crippen LogP contribution in [0.25, 0.3) is 0 Å². The number of ether oxygens (including phenoxy) is 1. The van der Waals surface area contributed by atoms with Crippen LogP contribution in [0, 0.1) is 0 Å². The number of carbonyl (C=O) groups is 3. The van der Waals surface area contributed by atoms with Crippen LogP contribution in [0.3, 0.4) is 0 Å². The molecule has 0 saturated carbocycles. The Bertz CT molecular complexity index is 819. The number of nitrogens with two attached hydrogens (primary N) is 1. The van der Waals surface area contributed by atoms with E-state index in [0.717, 1.165) is 5.69 Å². The summed E-state index contributed by atoms with van der Waals surface area (Å²) >= 11 is 0. The van der Waals surface area contributed by atoms with Crippen LogP contribution in [-0.2, 0) is 9.59 Å². The molecule has 0 unspecified atom stereocenters. The lowest BCUT2D eigenvalue weighted by Crippen LogP contribution is -2.35. The predicted molar refractivity (Wildman–Crippen MR) is 107 cm³/mol. The van der Waals surface area contributed by atoms with Crippen LogP contribution in [0.2, 0.25) is 0 Å². The Hall–Kier alpha value is -3.55. The molecule has 0 aromatic heterocycles. The van der Waals surface area contributed by atoms with E-state index in [1.165, 1.54) is 0 Å². The van der Waals surface area contributed by atoms with E-state index in [-0.39, 0.29) is 24.8 Å². The second kappa shape index (κ2) is 9.96. The molecule has 3 amide bonds. The number of benzene rings is 2. The zero-order valence-electron chi connectivity index (χ0n) is 15.9. The Labute approximate surface area is 163 Å². The number of anilines is 2. The van der Waals surface area contributed by atoms with E-state index in [1.807, 2.05) is 12.1 Å². The summed E-state index contributed by atoms with van der Waals surface area (Å²) in [6.07, 6.45) is 0.125. The van der Waals surface area contributed by atoms with Gasteiger partial charge in [0.05, 0.1) is 13.7 Å². The third-order valence-electron chi connectivity index (χ3n) is 4.06. The fourth-order valence-electron chi connectivity index (χ4n) is 2.56. The van der Waals surface area contributed by atoms with E-state index in [1.54, 1.807) is 55.5 Å². The molecule has 0 saturated heterocycles. The van der Waals surface area contributed by atoms with Crippen molar-refractivity contribution in [3.8, 4) is 5.75 Å². The molecule has 0 aliphatic carbocycles. The van der Waals surface area contributed by atoms with Crippen LogP contribution in [0.4, 0.5) is 11.4 Å². The van der Waals surface area contributed by atoms with Gasteiger partial charge in [-0.3, -0.25) is 14.4 Å². The quantitative estimate of drug-likeness (QED) is 0.604. The topological polar surface area (TPSA) is 114 Å². The Balaban J connectivity index is 2.06. The summed E-state index contributed by atoms with van der Waals surface area (Å²) in [5.74, 6) is -0.203. The van der Waals surface area contributed by atoms with Gasteiger partial charge in [0.15, 0.2) is 0 Å². The number of carbonyl (C=O) groups excluding carboxylic acids is 3. The average molecular weight is 384 g/mol. The van der Waals surface area contributed by atoms with Gasteiger partial charge in [-0.25, -0.2) is 0 Å². The van der Waals surface area contributed by atoms with Crippen LogP contribution >= 0.6 is 0 Å². The van der Waals surface area contributed by atoms with E-state index in [0.29, 0.717) is 23.5 Å². The number of nitrogens with one attached hydrogen (secondary N) is 2. The van der Waals surface area contributed by atoms with E-state index in [2.05, 4.69) is 10.6 Å². The SMILES string of the molecule is CNC(=O)c1ccc(NC(=O)CN(CCC(N)=O)c2ccc(OC)cc2)cc1. The summed E-state index contributed by atoms with van der Waals surface area (Å²) in [7, 11) is 3.13. The molecule has 0 radical (unpaired) electrons. The van der Waals surface area contributed by atoms with Crippen molar-refractivity contribution in [2.45, 2.75) is 6.42 Å². The van der Waals surface area contributed by atoms with Crippen molar-refractivity contribution >= 4 is 29.1 Å². The highest BCUT2D eigenvalue weighted by atomic mass is 16.5. The molecule has 2 aromatic carbocycles. The number of nitrogens with zero attached hydrogens (tertiary/aromatic N) is 1. The molecular formula is C20H24N4O4. The number of hydrogen-bond acceptors (Lipinski definition) is 5. The van der Waals surface area contributed by atoms with Gasteiger partial charge in [-0.2, -0.15) is 0 Å². The van der Waals surface area contributed by atoms with Gasteiger partial charge >= 0.3 is 0 Å². The largest absolute Gasteiger partial charge is 0.497 e. The monoisotopic (exact) mass is 384 g/mol. The van der Waals surface area contributed by atoms with Crippen molar-refractivity contribution in [1.82, 2.24) is 5.32 Å². The van der Waals surface area contributed by atoms with Gasteiger partial charge in [-0.15, -0.1) is 0 Å². The number of hydrogen-bond donors (Lipinski definition) is 3. The molecule has 2 aromatic rings. The van der Waals surface area contributed by atoms with Crippen molar-refractivity contribution in [3.05, 3.63) is 54.1 Å². The molecule has 2 rings (SSSR count). The fraction of sp³-hybridized carbons (Fsp3) is 0.250. The maximum Gasteiger partial charge on any atom is 0.251 e. The molecule has 148 valence electrons. The minimum absolute atomic E-state index is 0.0385. The maximum absolute atomic E-state index is 12.5. The summed E-state index contributed by atoms with van der Waals surface area (Å²) in [4.78, 5) is 37.0. The summed E-state index contributed by atoms with van der Waals surface area (Å²) in [5.41, 5.74) is 7.09. The molecule has 0 bridgehead atoms. The lowest BCUT2D eigenvalue weighted by molar-refractivity contribution is -0.118. The minimum Gasteiger partial charge on any atom is -0.497 e. The Kier molecular flexibility index (Phi) is 7.38. The maximum atomic E-state index is 12.5. The average Bonchev–Trinajstić information content (AvgIpc) is 2.71. The zero-order valence-corrected chi connectivity index (χ0v) is 15.9. The van der Waals surface area contributed by atoms with Crippen molar-refractivity contribution in [1.29, 1.82) is 0 Å². The van der Waals surface area contributed by atoms with Gasteiger partial charge in [0.2, 0.25) is 11.8 Å². The second-order valence-corrected chi connectivity index (χ2v) is 6.04. The molecule has 8 heteroatoms. The van der Waals surface area contributed by atoms with Gasteiger partial charge in [0.1, 0.15) is 5.75 Å². The highest BCUT2D eigenvalue weighted by molar-refractivity contribution is 5.96. The fourth-order valence-corrected chi connectivity index (χ4v) is 2.56. The molecule has 0 atom stereocenters. The second-order valence-electron chi connectivity index (χ2n) is 6.04. The molecule has 0 heterocycles. The van der Waals surface area contributed by atoms with Crippen LogP contribution in [0.5, 0.6) is 5.75 Å². The van der Waals surface area contributed by atoms with Gasteiger partial charge in [-0.05, 0) is 48.5 Å². The normalized spacial score (nSPS) is 10.1. The van der Waals surface area contributed by atoms with Crippen LogP contribution in [0.15, 0.2) is 48.5 Å². The highest BCUT2D eigenvalue weighted by Crippen LogP contribution is 2.19. The van der Waals surface area contributed by atoms with Crippen LogP contribution < -0.4 is 26.0 Å². The van der Waals surface area contributed by atoms with Crippen molar-refractivity contribution in [3.63, 3.8) is 0 Å². The summed E-state index contributed by atoms with van der Waals surface area (Å²) in [5, 5.41) is 5.32. The lowest BCUT2D eigenvalue weighted by Gasteiger charge is -2.24. The number of methoxy groups -OCH3 is 1. The van der Waals surface area contributed by atoms with E-state index in [9.17, 15) is 14.4 Å². The lowest BCUT2D eigenvalue weighted by atomic mass is 10.2. The van der Waals surface area contributed by atoms with Gasteiger partial charge in [-0.1, -0.05) is 0 Å². The first-order valence-electron chi connectivity index (χ1n) is 8.72. The molecule has 0 aliphatic heterocycles. The van der Waals surface area contributed by atoms with Gasteiger partial charge in [0.25, 0.3) is 5.91 Å². The smallest absolute Gasteiger partial charge is 0.251 e. The predicted octanol–water partition coefficient (Wildman–Crippen LogP) is 1.38. The Morgan fingerprint density at radius 2 is 1.68 bits per heavy atom.